The number of hydrogen-bond acceptors (Lipinski definition) is 5. The number of rotatable bonds is 4. The number of sulfonamides is 1. The molecule has 20 heavy (non-hydrogen) atoms. The molecular weight excluding hydrogens is 282 g/mol. The number of benzene rings is 1. The predicted molar refractivity (Wildman–Crippen MR) is 70.1 cm³/mol. The van der Waals surface area contributed by atoms with Crippen molar-refractivity contribution in [2.75, 3.05) is 13.2 Å². The Morgan fingerprint density at radius 3 is 2.90 bits per heavy atom. The number of hydrogen-bond donors (Lipinski definition) is 2. The van der Waals surface area contributed by atoms with Crippen molar-refractivity contribution in [3.8, 4) is 11.5 Å². The molecule has 0 saturated heterocycles. The third-order valence-corrected chi connectivity index (χ3v) is 4.24. The summed E-state index contributed by atoms with van der Waals surface area (Å²) in [5, 5.41) is 6.07. The van der Waals surface area contributed by atoms with Crippen molar-refractivity contribution in [3.05, 3.63) is 36.7 Å². The van der Waals surface area contributed by atoms with E-state index >= 15 is 0 Å². The van der Waals surface area contributed by atoms with Gasteiger partial charge in [-0.15, -0.1) is 0 Å². The van der Waals surface area contributed by atoms with Crippen molar-refractivity contribution in [3.63, 3.8) is 0 Å². The SMILES string of the molecule is O=S(=O)(NC[C@@H]1COc2ccccc2O1)c1cn[nH]c1. The molecule has 1 aromatic carbocycles. The highest BCUT2D eigenvalue weighted by Crippen LogP contribution is 2.30. The third kappa shape index (κ3) is 2.61. The molecule has 2 heterocycles. The molecule has 0 radical (unpaired) electrons. The van der Waals surface area contributed by atoms with Gasteiger partial charge in [0.25, 0.3) is 0 Å². The van der Waals surface area contributed by atoms with Crippen molar-refractivity contribution in [1.82, 2.24) is 14.9 Å². The Morgan fingerprint density at radius 2 is 2.15 bits per heavy atom. The number of nitrogens with one attached hydrogen (secondary N) is 2. The number of para-hydroxylation sites is 2. The Balaban J connectivity index is 1.63. The minimum atomic E-state index is -3.57. The maximum Gasteiger partial charge on any atom is 0.243 e. The van der Waals surface area contributed by atoms with Crippen molar-refractivity contribution < 1.29 is 17.9 Å². The number of H-pyrrole nitrogens is 1. The average Bonchev–Trinajstić information content (AvgIpc) is 3.00. The molecule has 8 heteroatoms. The van der Waals surface area contributed by atoms with Crippen molar-refractivity contribution in [1.29, 1.82) is 0 Å². The second kappa shape index (κ2) is 5.14. The first kappa shape index (κ1) is 12.9. The summed E-state index contributed by atoms with van der Waals surface area (Å²) < 4.78 is 37.5. The van der Waals surface area contributed by atoms with Gasteiger partial charge in [0.05, 0.1) is 12.7 Å². The number of nitrogens with zero attached hydrogens (tertiary/aromatic N) is 1. The summed E-state index contributed by atoms with van der Waals surface area (Å²) >= 11 is 0. The van der Waals surface area contributed by atoms with Crippen LogP contribution in [0.1, 0.15) is 0 Å². The van der Waals surface area contributed by atoms with E-state index < -0.39 is 10.0 Å². The first-order valence-corrected chi connectivity index (χ1v) is 7.50. The smallest absolute Gasteiger partial charge is 0.243 e. The molecule has 3 rings (SSSR count). The molecule has 0 saturated carbocycles. The Morgan fingerprint density at radius 1 is 1.35 bits per heavy atom. The number of ether oxygens (including phenoxy) is 2. The Labute approximate surface area is 116 Å². The first-order chi connectivity index (χ1) is 9.65. The largest absolute Gasteiger partial charge is 0.486 e. The number of fused-ring (bicyclic) bond motifs is 1. The van der Waals surface area contributed by atoms with Crippen LogP contribution in [0.4, 0.5) is 0 Å². The molecule has 0 amide bonds. The maximum atomic E-state index is 11.9. The molecule has 7 nitrogen and oxygen atoms in total. The summed E-state index contributed by atoms with van der Waals surface area (Å²) in [7, 11) is -3.57. The maximum absolute atomic E-state index is 11.9. The van der Waals surface area contributed by atoms with E-state index in [1.54, 1.807) is 12.1 Å². The van der Waals surface area contributed by atoms with E-state index in [1.165, 1.54) is 12.4 Å². The molecule has 1 aliphatic heterocycles. The fourth-order valence-electron chi connectivity index (χ4n) is 1.84. The van der Waals surface area contributed by atoms with Gasteiger partial charge < -0.3 is 9.47 Å². The minimum Gasteiger partial charge on any atom is -0.486 e. The van der Waals surface area contributed by atoms with Gasteiger partial charge in [-0.2, -0.15) is 5.10 Å². The fraction of sp³-hybridized carbons (Fsp3) is 0.250. The summed E-state index contributed by atoms with van der Waals surface area (Å²) in [6, 6.07) is 7.28. The van der Waals surface area contributed by atoms with Crippen LogP contribution in [0.25, 0.3) is 0 Å². The summed E-state index contributed by atoms with van der Waals surface area (Å²) in [6.45, 7) is 0.423. The molecule has 2 N–H and O–H groups in total. The van der Waals surface area contributed by atoms with Crippen LogP contribution >= 0.6 is 0 Å². The van der Waals surface area contributed by atoms with Crippen LogP contribution in [0.15, 0.2) is 41.6 Å². The summed E-state index contributed by atoms with van der Waals surface area (Å²) in [6.07, 6.45) is 2.19. The molecule has 1 aromatic heterocycles. The number of aromatic amines is 1. The molecule has 106 valence electrons. The minimum absolute atomic E-state index is 0.0922. The number of aromatic nitrogens is 2. The van der Waals surface area contributed by atoms with Gasteiger partial charge in [-0.3, -0.25) is 5.10 Å². The van der Waals surface area contributed by atoms with E-state index in [2.05, 4.69) is 14.9 Å². The fourth-order valence-corrected chi connectivity index (χ4v) is 2.81. The zero-order valence-corrected chi connectivity index (χ0v) is 11.3. The highest BCUT2D eigenvalue weighted by atomic mass is 32.2. The van der Waals surface area contributed by atoms with Crippen LogP contribution in [0.3, 0.4) is 0 Å². The first-order valence-electron chi connectivity index (χ1n) is 6.02. The molecule has 0 unspecified atom stereocenters. The second-order valence-corrected chi connectivity index (χ2v) is 6.05. The molecule has 1 aliphatic rings. The van der Waals surface area contributed by atoms with Gasteiger partial charge in [0, 0.05) is 6.20 Å². The van der Waals surface area contributed by atoms with Crippen molar-refractivity contribution in [2.24, 2.45) is 0 Å². The van der Waals surface area contributed by atoms with Gasteiger partial charge in [0.2, 0.25) is 10.0 Å². The topological polar surface area (TPSA) is 93.3 Å². The zero-order valence-electron chi connectivity index (χ0n) is 10.4. The Hall–Kier alpha value is -2.06. The van der Waals surface area contributed by atoms with Gasteiger partial charge in [-0.05, 0) is 12.1 Å². The second-order valence-electron chi connectivity index (χ2n) is 4.28. The van der Waals surface area contributed by atoms with E-state index in [4.69, 9.17) is 9.47 Å². The van der Waals surface area contributed by atoms with Crippen LogP contribution < -0.4 is 14.2 Å². The molecule has 0 bridgehead atoms. The lowest BCUT2D eigenvalue weighted by Gasteiger charge is -2.26. The standard InChI is InChI=1S/C12H13N3O4S/c16-20(17,10-6-13-14-7-10)15-5-9-8-18-11-3-1-2-4-12(11)19-9/h1-4,6-7,9,15H,5,8H2,(H,13,14)/t9-/m1/s1. The van der Waals surface area contributed by atoms with Gasteiger partial charge in [0.15, 0.2) is 11.5 Å². The highest BCUT2D eigenvalue weighted by molar-refractivity contribution is 7.89. The van der Waals surface area contributed by atoms with Gasteiger partial charge >= 0.3 is 0 Å². The zero-order chi connectivity index (χ0) is 14.0. The Bertz CT molecular complexity index is 684. The predicted octanol–water partition coefficient (Wildman–Crippen LogP) is 0.528. The summed E-state index contributed by atoms with van der Waals surface area (Å²) in [5.41, 5.74) is 0. The summed E-state index contributed by atoms with van der Waals surface area (Å²) in [4.78, 5) is 0.0922. The molecular formula is C12H13N3O4S. The third-order valence-electron chi connectivity index (χ3n) is 2.85. The van der Waals surface area contributed by atoms with E-state index in [0.717, 1.165) is 0 Å². The molecule has 0 aliphatic carbocycles. The van der Waals surface area contributed by atoms with Gasteiger partial charge in [-0.25, -0.2) is 13.1 Å². The lowest BCUT2D eigenvalue weighted by molar-refractivity contribution is 0.0943. The van der Waals surface area contributed by atoms with Crippen molar-refractivity contribution >= 4 is 10.0 Å². The molecule has 0 spiro atoms. The van der Waals surface area contributed by atoms with Crippen LogP contribution in [-0.2, 0) is 10.0 Å². The van der Waals surface area contributed by atoms with Crippen LogP contribution in [-0.4, -0.2) is 37.9 Å². The summed E-state index contributed by atoms with van der Waals surface area (Å²) in [5.74, 6) is 1.28. The highest BCUT2D eigenvalue weighted by Gasteiger charge is 2.23. The van der Waals surface area contributed by atoms with Gasteiger partial charge in [0.1, 0.15) is 17.6 Å². The Kier molecular flexibility index (Phi) is 3.33. The molecule has 1 atom stereocenters. The monoisotopic (exact) mass is 295 g/mol. The normalized spacial score (nSPS) is 17.9. The van der Waals surface area contributed by atoms with E-state index in [0.29, 0.717) is 18.1 Å². The van der Waals surface area contributed by atoms with Crippen LogP contribution in [0.2, 0.25) is 0 Å². The quantitative estimate of drug-likeness (QED) is 0.858. The lowest BCUT2D eigenvalue weighted by Crippen LogP contribution is -2.40. The van der Waals surface area contributed by atoms with Crippen LogP contribution in [0.5, 0.6) is 11.5 Å². The van der Waals surface area contributed by atoms with E-state index in [9.17, 15) is 8.42 Å². The van der Waals surface area contributed by atoms with Crippen molar-refractivity contribution in [2.45, 2.75) is 11.0 Å². The average molecular weight is 295 g/mol. The molecule has 0 fully saturated rings. The van der Waals surface area contributed by atoms with Gasteiger partial charge in [-0.1, -0.05) is 12.1 Å². The molecule has 2 aromatic rings. The van der Waals surface area contributed by atoms with E-state index in [1.807, 2.05) is 12.1 Å². The lowest BCUT2D eigenvalue weighted by atomic mass is 10.2. The van der Waals surface area contributed by atoms with E-state index in [-0.39, 0.29) is 17.5 Å². The van der Waals surface area contributed by atoms with Crippen LogP contribution in [0, 0.1) is 0 Å².